The zero-order chi connectivity index (χ0) is 14.3. The SMILES string of the molecule is Cc1nn(Cc2c(CN)sc3ccccc23)c(C)c1Cl. The van der Waals surface area contributed by atoms with Gasteiger partial charge in [0.15, 0.2) is 0 Å². The van der Waals surface area contributed by atoms with Crippen molar-refractivity contribution in [3.8, 4) is 0 Å². The Morgan fingerprint density at radius 2 is 2.05 bits per heavy atom. The van der Waals surface area contributed by atoms with Crippen LogP contribution < -0.4 is 5.73 Å². The third-order valence-electron chi connectivity index (χ3n) is 3.57. The molecule has 0 amide bonds. The summed E-state index contributed by atoms with van der Waals surface area (Å²) in [5.41, 5.74) is 9.03. The van der Waals surface area contributed by atoms with Gasteiger partial charge in [-0.05, 0) is 30.9 Å². The Bertz CT molecular complexity index is 773. The lowest BCUT2D eigenvalue weighted by Crippen LogP contribution is -2.07. The Morgan fingerprint density at radius 3 is 2.70 bits per heavy atom. The summed E-state index contributed by atoms with van der Waals surface area (Å²) >= 11 is 7.99. The van der Waals surface area contributed by atoms with Gasteiger partial charge in [0, 0.05) is 16.1 Å². The van der Waals surface area contributed by atoms with Crippen molar-refractivity contribution in [1.82, 2.24) is 9.78 Å². The molecule has 3 rings (SSSR count). The van der Waals surface area contributed by atoms with Gasteiger partial charge in [-0.15, -0.1) is 11.3 Å². The van der Waals surface area contributed by atoms with Crippen LogP contribution >= 0.6 is 22.9 Å². The lowest BCUT2D eigenvalue weighted by Gasteiger charge is -2.06. The number of benzene rings is 1. The normalized spacial score (nSPS) is 11.4. The van der Waals surface area contributed by atoms with Crippen LogP contribution in [0.25, 0.3) is 10.1 Å². The number of rotatable bonds is 3. The zero-order valence-corrected chi connectivity index (χ0v) is 13.1. The van der Waals surface area contributed by atoms with Gasteiger partial charge in [0.2, 0.25) is 0 Å². The molecule has 1 aromatic carbocycles. The maximum Gasteiger partial charge on any atom is 0.0844 e. The molecule has 2 aromatic heterocycles. The maximum absolute atomic E-state index is 6.23. The number of hydrogen-bond donors (Lipinski definition) is 1. The van der Waals surface area contributed by atoms with E-state index in [2.05, 4.69) is 29.4 Å². The van der Waals surface area contributed by atoms with E-state index in [-0.39, 0.29) is 0 Å². The van der Waals surface area contributed by atoms with Crippen molar-refractivity contribution in [3.63, 3.8) is 0 Å². The first-order valence-corrected chi connectivity index (χ1v) is 7.70. The first kappa shape index (κ1) is 13.6. The Balaban J connectivity index is 2.12. The van der Waals surface area contributed by atoms with Crippen LogP contribution in [0.3, 0.4) is 0 Å². The summed E-state index contributed by atoms with van der Waals surface area (Å²) in [5.74, 6) is 0. The van der Waals surface area contributed by atoms with Crippen molar-refractivity contribution in [1.29, 1.82) is 0 Å². The van der Waals surface area contributed by atoms with Gasteiger partial charge in [0.25, 0.3) is 0 Å². The molecule has 104 valence electrons. The van der Waals surface area contributed by atoms with Crippen molar-refractivity contribution in [2.75, 3.05) is 0 Å². The molecule has 0 atom stereocenters. The summed E-state index contributed by atoms with van der Waals surface area (Å²) in [6.07, 6.45) is 0. The summed E-state index contributed by atoms with van der Waals surface area (Å²) in [6, 6.07) is 8.40. The summed E-state index contributed by atoms with van der Waals surface area (Å²) in [6.45, 7) is 5.21. The smallest absolute Gasteiger partial charge is 0.0844 e. The fourth-order valence-corrected chi connectivity index (χ4v) is 3.70. The topological polar surface area (TPSA) is 43.8 Å². The van der Waals surface area contributed by atoms with Gasteiger partial charge < -0.3 is 5.73 Å². The minimum absolute atomic E-state index is 0.557. The molecule has 3 aromatic rings. The number of thiophene rings is 1. The molecule has 0 bridgehead atoms. The summed E-state index contributed by atoms with van der Waals surface area (Å²) in [4.78, 5) is 1.22. The summed E-state index contributed by atoms with van der Waals surface area (Å²) in [7, 11) is 0. The lowest BCUT2D eigenvalue weighted by molar-refractivity contribution is 0.659. The largest absolute Gasteiger partial charge is 0.326 e. The van der Waals surface area contributed by atoms with Gasteiger partial charge >= 0.3 is 0 Å². The Labute approximate surface area is 127 Å². The predicted octanol–water partition coefficient (Wildman–Crippen LogP) is 3.88. The quantitative estimate of drug-likeness (QED) is 0.798. The van der Waals surface area contributed by atoms with E-state index in [0.717, 1.165) is 23.0 Å². The molecule has 0 saturated heterocycles. The minimum atomic E-state index is 0.557. The highest BCUT2D eigenvalue weighted by Crippen LogP contribution is 2.32. The fourth-order valence-electron chi connectivity index (χ4n) is 2.47. The average Bonchev–Trinajstić information content (AvgIpc) is 2.93. The van der Waals surface area contributed by atoms with Crippen LogP contribution in [0.5, 0.6) is 0 Å². The highest BCUT2D eigenvalue weighted by Gasteiger charge is 2.15. The maximum atomic E-state index is 6.23. The molecule has 0 aliphatic heterocycles. The number of halogens is 1. The summed E-state index contributed by atoms with van der Waals surface area (Å²) < 4.78 is 3.24. The van der Waals surface area contributed by atoms with E-state index < -0.39 is 0 Å². The monoisotopic (exact) mass is 305 g/mol. The predicted molar refractivity (Wildman–Crippen MR) is 85.5 cm³/mol. The molecule has 0 aliphatic carbocycles. The third-order valence-corrected chi connectivity index (χ3v) is 5.35. The van der Waals surface area contributed by atoms with E-state index in [9.17, 15) is 0 Å². The lowest BCUT2D eigenvalue weighted by atomic mass is 10.1. The molecule has 0 radical (unpaired) electrons. The molecule has 0 unspecified atom stereocenters. The second kappa shape index (κ2) is 5.20. The van der Waals surface area contributed by atoms with E-state index in [4.69, 9.17) is 17.3 Å². The van der Waals surface area contributed by atoms with E-state index >= 15 is 0 Å². The molecule has 2 N–H and O–H groups in total. The molecule has 3 nitrogen and oxygen atoms in total. The van der Waals surface area contributed by atoms with E-state index in [1.807, 2.05) is 18.5 Å². The van der Waals surface area contributed by atoms with Crippen LogP contribution in [0.1, 0.15) is 21.8 Å². The Morgan fingerprint density at radius 1 is 1.30 bits per heavy atom. The van der Waals surface area contributed by atoms with Crippen LogP contribution in [0.15, 0.2) is 24.3 Å². The molecular weight excluding hydrogens is 290 g/mol. The average molecular weight is 306 g/mol. The van der Waals surface area contributed by atoms with Gasteiger partial charge in [0.05, 0.1) is 23.0 Å². The molecular formula is C15H16ClN3S. The zero-order valence-electron chi connectivity index (χ0n) is 11.5. The molecule has 0 saturated carbocycles. The molecule has 2 heterocycles. The Hall–Kier alpha value is -1.36. The number of aryl methyl sites for hydroxylation is 1. The molecule has 5 heteroatoms. The van der Waals surface area contributed by atoms with Gasteiger partial charge in [0.1, 0.15) is 0 Å². The Kier molecular flexibility index (Phi) is 3.54. The van der Waals surface area contributed by atoms with Crippen LogP contribution in [-0.2, 0) is 13.1 Å². The van der Waals surface area contributed by atoms with Crippen LogP contribution in [0.4, 0.5) is 0 Å². The van der Waals surface area contributed by atoms with E-state index in [0.29, 0.717) is 6.54 Å². The third kappa shape index (κ3) is 2.14. The van der Waals surface area contributed by atoms with Crippen molar-refractivity contribution in [2.45, 2.75) is 26.9 Å². The first-order valence-electron chi connectivity index (χ1n) is 6.50. The van der Waals surface area contributed by atoms with Crippen molar-refractivity contribution >= 4 is 33.0 Å². The van der Waals surface area contributed by atoms with Gasteiger partial charge in [-0.25, -0.2) is 0 Å². The first-order chi connectivity index (χ1) is 9.61. The highest BCUT2D eigenvalue weighted by molar-refractivity contribution is 7.19. The van der Waals surface area contributed by atoms with Crippen molar-refractivity contribution < 1.29 is 0 Å². The number of fused-ring (bicyclic) bond motifs is 1. The number of hydrogen-bond acceptors (Lipinski definition) is 3. The molecule has 0 spiro atoms. The highest BCUT2D eigenvalue weighted by atomic mass is 35.5. The van der Waals surface area contributed by atoms with Crippen molar-refractivity contribution in [3.05, 3.63) is 51.1 Å². The molecule has 0 fully saturated rings. The van der Waals surface area contributed by atoms with Gasteiger partial charge in [-0.3, -0.25) is 4.68 Å². The number of nitrogens with two attached hydrogens (primary N) is 1. The number of aromatic nitrogens is 2. The van der Waals surface area contributed by atoms with Crippen molar-refractivity contribution in [2.24, 2.45) is 5.73 Å². The van der Waals surface area contributed by atoms with Crippen LogP contribution in [0.2, 0.25) is 5.02 Å². The van der Waals surface area contributed by atoms with Crippen LogP contribution in [-0.4, -0.2) is 9.78 Å². The molecule has 0 aliphatic rings. The second-order valence-electron chi connectivity index (χ2n) is 4.85. The van der Waals surface area contributed by atoms with E-state index in [1.165, 1.54) is 20.5 Å². The van der Waals surface area contributed by atoms with Crippen LogP contribution in [0, 0.1) is 13.8 Å². The van der Waals surface area contributed by atoms with Gasteiger partial charge in [-0.1, -0.05) is 29.8 Å². The summed E-state index contributed by atoms with van der Waals surface area (Å²) in [5, 5.41) is 6.53. The van der Waals surface area contributed by atoms with E-state index in [1.54, 1.807) is 11.3 Å². The number of nitrogens with zero attached hydrogens (tertiary/aromatic N) is 2. The standard InChI is InChI=1S/C15H16ClN3S/c1-9-15(16)10(2)19(18-9)8-12-11-5-3-4-6-13(11)20-14(12)7-17/h3-6H,7-8,17H2,1-2H3. The fraction of sp³-hybridized carbons (Fsp3) is 0.267. The second-order valence-corrected chi connectivity index (χ2v) is 6.36. The molecule has 20 heavy (non-hydrogen) atoms. The minimum Gasteiger partial charge on any atom is -0.326 e. The van der Waals surface area contributed by atoms with Gasteiger partial charge in [-0.2, -0.15) is 5.10 Å².